The highest BCUT2D eigenvalue weighted by atomic mass is 16.3. The predicted molar refractivity (Wildman–Crippen MR) is 134 cm³/mol. The summed E-state index contributed by atoms with van der Waals surface area (Å²) in [4.78, 5) is 2.40. The van der Waals surface area contributed by atoms with Crippen molar-refractivity contribution >= 4 is 0 Å². The number of allylic oxidation sites excluding steroid dienone is 1. The molecule has 3 N–H and O–H groups in total. The number of aliphatic hydroxyl groups is 2. The highest BCUT2D eigenvalue weighted by molar-refractivity contribution is 5.24. The van der Waals surface area contributed by atoms with Crippen LogP contribution < -0.4 is 5.32 Å². The Labute approximate surface area is 195 Å². The second-order valence-electron chi connectivity index (χ2n) is 11.0. The molecule has 1 aromatic rings. The summed E-state index contributed by atoms with van der Waals surface area (Å²) < 4.78 is 0. The van der Waals surface area contributed by atoms with E-state index >= 15 is 0 Å². The van der Waals surface area contributed by atoms with Gasteiger partial charge in [0.05, 0.1) is 12.2 Å². The number of rotatable bonds is 10. The topological polar surface area (TPSA) is 55.7 Å². The molecule has 2 aliphatic rings. The SMILES string of the molecule is Cc1cccc(C[C@@H](O)/C=C/[C@@H]2[C@H]3CC(CNCCCN(C)C(C)(C)C)=C[C@H]3C[C@H]2O)c1. The quantitative estimate of drug-likeness (QED) is 0.379. The Hall–Kier alpha value is -1.46. The van der Waals surface area contributed by atoms with Gasteiger partial charge >= 0.3 is 0 Å². The molecule has 32 heavy (non-hydrogen) atoms. The second-order valence-corrected chi connectivity index (χ2v) is 11.0. The summed E-state index contributed by atoms with van der Waals surface area (Å²) >= 11 is 0. The number of nitrogens with zero attached hydrogens (tertiary/aromatic N) is 1. The molecule has 0 unspecified atom stereocenters. The first-order valence-electron chi connectivity index (χ1n) is 12.3. The Morgan fingerprint density at radius 2 is 2.06 bits per heavy atom. The molecular formula is C28H44N2O2. The van der Waals surface area contributed by atoms with Crippen molar-refractivity contribution < 1.29 is 10.2 Å². The minimum atomic E-state index is -0.509. The molecule has 0 aliphatic heterocycles. The van der Waals surface area contributed by atoms with E-state index in [4.69, 9.17) is 0 Å². The maximum Gasteiger partial charge on any atom is 0.0761 e. The molecule has 4 nitrogen and oxygen atoms in total. The van der Waals surface area contributed by atoms with Crippen LogP contribution in [0.15, 0.2) is 48.1 Å². The van der Waals surface area contributed by atoms with Crippen molar-refractivity contribution in [1.82, 2.24) is 10.2 Å². The first-order chi connectivity index (χ1) is 15.1. The second kappa shape index (κ2) is 11.1. The monoisotopic (exact) mass is 440 g/mol. The van der Waals surface area contributed by atoms with Crippen LogP contribution >= 0.6 is 0 Å². The lowest BCUT2D eigenvalue weighted by Crippen LogP contribution is -2.39. The molecule has 0 radical (unpaired) electrons. The molecule has 0 bridgehead atoms. The third kappa shape index (κ3) is 7.02. The average molecular weight is 441 g/mol. The Bertz CT molecular complexity index is 795. The minimum Gasteiger partial charge on any atom is -0.392 e. The van der Waals surface area contributed by atoms with Crippen molar-refractivity contribution in [3.05, 3.63) is 59.2 Å². The van der Waals surface area contributed by atoms with Gasteiger partial charge in [-0.3, -0.25) is 0 Å². The molecule has 3 rings (SSSR count). The number of aliphatic hydroxyl groups excluding tert-OH is 2. The fourth-order valence-electron chi connectivity index (χ4n) is 5.17. The van der Waals surface area contributed by atoms with Crippen molar-refractivity contribution in [2.24, 2.45) is 17.8 Å². The van der Waals surface area contributed by atoms with Gasteiger partial charge in [0.2, 0.25) is 0 Å². The van der Waals surface area contributed by atoms with Gasteiger partial charge in [-0.2, -0.15) is 0 Å². The van der Waals surface area contributed by atoms with Crippen LogP contribution in [0.5, 0.6) is 0 Å². The lowest BCUT2D eigenvalue weighted by Gasteiger charge is -2.31. The standard InChI is InChI=1S/C28H44N2O2/c1-20-8-6-9-21(14-20)16-24(31)10-11-25-26-17-22(15-23(26)18-27(25)32)19-29-12-7-13-30(5)28(2,3)4/h6,8-11,14-15,23-27,29,31-32H,7,12-13,16-19H2,1-5H3/b11-10+/t23-,24-,25+,26-,27+/m0/s1. The minimum absolute atomic E-state index is 0.140. The molecule has 0 heterocycles. The molecule has 1 fully saturated rings. The summed E-state index contributed by atoms with van der Waals surface area (Å²) in [5.41, 5.74) is 4.07. The van der Waals surface area contributed by atoms with Crippen LogP contribution in [0.2, 0.25) is 0 Å². The highest BCUT2D eigenvalue weighted by Gasteiger charge is 2.43. The number of nitrogens with one attached hydrogen (secondary N) is 1. The van der Waals surface area contributed by atoms with Gasteiger partial charge in [-0.25, -0.2) is 0 Å². The van der Waals surface area contributed by atoms with Gasteiger partial charge in [0.15, 0.2) is 0 Å². The van der Waals surface area contributed by atoms with Crippen molar-refractivity contribution in [2.45, 2.75) is 71.1 Å². The molecule has 4 heteroatoms. The lowest BCUT2D eigenvalue weighted by molar-refractivity contribution is 0.140. The van der Waals surface area contributed by atoms with Crippen LogP contribution in [-0.4, -0.2) is 59.5 Å². The van der Waals surface area contributed by atoms with E-state index in [1.54, 1.807) is 0 Å². The van der Waals surface area contributed by atoms with Crippen LogP contribution in [0.3, 0.4) is 0 Å². The number of aryl methyl sites for hydroxylation is 1. The molecule has 0 saturated heterocycles. The Kier molecular flexibility index (Phi) is 8.74. The van der Waals surface area contributed by atoms with E-state index in [2.05, 4.69) is 75.3 Å². The van der Waals surface area contributed by atoms with Crippen LogP contribution in [0, 0.1) is 24.7 Å². The molecule has 0 amide bonds. The van der Waals surface area contributed by atoms with Gasteiger partial charge in [-0.1, -0.05) is 53.6 Å². The normalized spacial score (nSPS) is 26.7. The smallest absolute Gasteiger partial charge is 0.0761 e. The number of hydrogen-bond donors (Lipinski definition) is 3. The van der Waals surface area contributed by atoms with Gasteiger partial charge < -0.3 is 20.4 Å². The first-order valence-corrected chi connectivity index (χ1v) is 12.3. The van der Waals surface area contributed by atoms with Crippen molar-refractivity contribution in [3.63, 3.8) is 0 Å². The maximum absolute atomic E-state index is 10.6. The summed E-state index contributed by atoms with van der Waals surface area (Å²) in [7, 11) is 2.19. The maximum atomic E-state index is 10.6. The van der Waals surface area contributed by atoms with Crippen molar-refractivity contribution in [1.29, 1.82) is 0 Å². The molecule has 1 saturated carbocycles. The molecular weight excluding hydrogens is 396 g/mol. The fraction of sp³-hybridized carbons (Fsp3) is 0.643. The third-order valence-corrected chi connectivity index (χ3v) is 7.38. The van der Waals surface area contributed by atoms with Gasteiger partial charge in [0.1, 0.15) is 0 Å². The molecule has 0 spiro atoms. The highest BCUT2D eigenvalue weighted by Crippen LogP contribution is 2.47. The Morgan fingerprint density at radius 1 is 1.28 bits per heavy atom. The van der Waals surface area contributed by atoms with E-state index in [1.807, 2.05) is 12.1 Å². The van der Waals surface area contributed by atoms with E-state index in [0.29, 0.717) is 18.3 Å². The lowest BCUT2D eigenvalue weighted by atomic mass is 9.89. The van der Waals surface area contributed by atoms with Gasteiger partial charge in [-0.15, -0.1) is 0 Å². The zero-order chi connectivity index (χ0) is 23.3. The van der Waals surface area contributed by atoms with E-state index in [0.717, 1.165) is 44.5 Å². The summed E-state index contributed by atoms with van der Waals surface area (Å²) in [5.74, 6) is 1.08. The Balaban J connectivity index is 1.43. The van der Waals surface area contributed by atoms with Crippen LogP contribution in [-0.2, 0) is 6.42 Å². The van der Waals surface area contributed by atoms with Crippen LogP contribution in [0.25, 0.3) is 0 Å². The summed E-state index contributed by atoms with van der Waals surface area (Å²) in [5, 5.41) is 24.7. The first kappa shape index (κ1) is 25.2. The zero-order valence-electron chi connectivity index (χ0n) is 20.7. The van der Waals surface area contributed by atoms with E-state index in [-0.39, 0.29) is 17.6 Å². The van der Waals surface area contributed by atoms with E-state index < -0.39 is 6.10 Å². The van der Waals surface area contributed by atoms with Gasteiger partial charge in [0, 0.05) is 24.4 Å². The van der Waals surface area contributed by atoms with Gasteiger partial charge in [-0.05, 0) is 84.5 Å². The van der Waals surface area contributed by atoms with E-state index in [9.17, 15) is 10.2 Å². The van der Waals surface area contributed by atoms with E-state index in [1.165, 1.54) is 11.1 Å². The Morgan fingerprint density at radius 3 is 2.78 bits per heavy atom. The molecule has 178 valence electrons. The van der Waals surface area contributed by atoms with Crippen molar-refractivity contribution in [3.8, 4) is 0 Å². The molecule has 5 atom stereocenters. The third-order valence-electron chi connectivity index (χ3n) is 7.38. The summed E-state index contributed by atoms with van der Waals surface area (Å²) in [6.45, 7) is 11.9. The fourth-order valence-corrected chi connectivity index (χ4v) is 5.17. The van der Waals surface area contributed by atoms with Crippen molar-refractivity contribution in [2.75, 3.05) is 26.7 Å². The predicted octanol–water partition coefficient (Wildman–Crippen LogP) is 4.11. The average Bonchev–Trinajstić information content (AvgIpc) is 3.21. The number of fused-ring (bicyclic) bond motifs is 1. The molecule has 0 aromatic heterocycles. The molecule has 1 aromatic carbocycles. The summed E-state index contributed by atoms with van der Waals surface area (Å²) in [6, 6.07) is 8.30. The zero-order valence-corrected chi connectivity index (χ0v) is 20.7. The van der Waals surface area contributed by atoms with Gasteiger partial charge in [0.25, 0.3) is 0 Å². The van der Waals surface area contributed by atoms with Crippen LogP contribution in [0.1, 0.15) is 51.2 Å². The number of hydrogen-bond acceptors (Lipinski definition) is 4. The van der Waals surface area contributed by atoms with Crippen LogP contribution in [0.4, 0.5) is 0 Å². The molecule has 2 aliphatic carbocycles. The largest absolute Gasteiger partial charge is 0.392 e. The summed E-state index contributed by atoms with van der Waals surface area (Å²) in [6.07, 6.45) is 9.25. The number of benzene rings is 1.